The van der Waals surface area contributed by atoms with E-state index in [9.17, 15) is 9.59 Å². The number of hydrogen-bond donors (Lipinski definition) is 1. The van der Waals surface area contributed by atoms with Crippen LogP contribution in [0.3, 0.4) is 0 Å². The van der Waals surface area contributed by atoms with E-state index >= 15 is 0 Å². The molecular formula is C25H30N4O4S2. The average molecular weight is 515 g/mol. The van der Waals surface area contributed by atoms with Gasteiger partial charge in [-0.15, -0.1) is 28.1 Å². The number of anilines is 1. The zero-order valence-corrected chi connectivity index (χ0v) is 22.0. The fraction of sp³-hybridized carbons (Fsp3) is 0.360. The maximum Gasteiger partial charge on any atom is 0.340 e. The number of thioether (sulfide) groups is 1. The van der Waals surface area contributed by atoms with Crippen LogP contribution in [0.15, 0.2) is 48.1 Å². The van der Waals surface area contributed by atoms with Gasteiger partial charge in [0.05, 0.1) is 18.4 Å². The highest BCUT2D eigenvalue weighted by atomic mass is 32.2. The van der Waals surface area contributed by atoms with Gasteiger partial charge in [0.15, 0.2) is 17.1 Å². The molecule has 1 amide bonds. The predicted molar refractivity (Wildman–Crippen MR) is 139 cm³/mol. The topological polar surface area (TPSA) is 95.3 Å². The molecule has 1 atom stereocenters. The first-order valence-corrected chi connectivity index (χ1v) is 13.1. The Kier molecular flexibility index (Phi) is 9.50. The lowest BCUT2D eigenvalue weighted by Gasteiger charge is -2.16. The molecule has 0 aliphatic carbocycles. The van der Waals surface area contributed by atoms with Crippen LogP contribution in [0.4, 0.5) is 5.00 Å². The predicted octanol–water partition coefficient (Wildman–Crippen LogP) is 5.31. The molecule has 0 saturated heterocycles. The first-order chi connectivity index (χ1) is 16.9. The molecule has 2 heterocycles. The molecule has 0 saturated carbocycles. The molecule has 1 N–H and O–H groups in total. The summed E-state index contributed by atoms with van der Waals surface area (Å²) in [6.45, 7) is 10.3. The van der Waals surface area contributed by atoms with E-state index in [2.05, 4.69) is 29.0 Å². The maximum atomic E-state index is 12.7. The van der Waals surface area contributed by atoms with Crippen molar-refractivity contribution < 1.29 is 19.1 Å². The molecule has 1 aromatic carbocycles. The van der Waals surface area contributed by atoms with E-state index in [1.165, 1.54) is 35.8 Å². The number of amides is 1. The van der Waals surface area contributed by atoms with Gasteiger partial charge in [0.1, 0.15) is 10.8 Å². The van der Waals surface area contributed by atoms with Crippen LogP contribution >= 0.6 is 23.1 Å². The van der Waals surface area contributed by atoms with Gasteiger partial charge in [-0.05, 0) is 43.5 Å². The number of methoxy groups -OCH3 is 1. The van der Waals surface area contributed by atoms with Crippen LogP contribution in [-0.2, 0) is 28.9 Å². The third kappa shape index (κ3) is 6.73. The van der Waals surface area contributed by atoms with E-state index in [4.69, 9.17) is 9.47 Å². The quantitative estimate of drug-likeness (QED) is 0.199. The van der Waals surface area contributed by atoms with Gasteiger partial charge < -0.3 is 14.8 Å². The standard InChI is InChI=1S/C25H30N4O4S2/c1-6-13-29-22(16(4)33-18-11-9-17(7-2)10-12-18)27-28-25(29)34-15-21(30)26-23-20(24(31)32-5)14-19(8-3)35-23/h6,9-12,14,16H,1,7-8,13,15H2,2-5H3,(H,26,30). The zero-order chi connectivity index (χ0) is 25.4. The smallest absolute Gasteiger partial charge is 0.340 e. The Labute approximate surface area is 213 Å². The van der Waals surface area contributed by atoms with Crippen molar-refractivity contribution in [2.45, 2.75) is 51.4 Å². The number of benzene rings is 1. The monoisotopic (exact) mass is 514 g/mol. The van der Waals surface area contributed by atoms with Gasteiger partial charge in [-0.1, -0.05) is 43.8 Å². The average Bonchev–Trinajstić information content (AvgIpc) is 3.46. The van der Waals surface area contributed by atoms with Crippen LogP contribution in [-0.4, -0.2) is 39.5 Å². The Balaban J connectivity index is 1.68. The van der Waals surface area contributed by atoms with Gasteiger partial charge in [0, 0.05) is 11.4 Å². The molecule has 0 spiro atoms. The Hall–Kier alpha value is -3.11. The van der Waals surface area contributed by atoms with Gasteiger partial charge in [0.2, 0.25) is 5.91 Å². The molecule has 0 radical (unpaired) electrons. The molecular weight excluding hydrogens is 484 g/mol. The van der Waals surface area contributed by atoms with Gasteiger partial charge in [-0.3, -0.25) is 9.36 Å². The Morgan fingerprint density at radius 2 is 1.97 bits per heavy atom. The molecule has 3 rings (SSSR count). The number of aryl methyl sites for hydroxylation is 2. The molecule has 8 nitrogen and oxygen atoms in total. The van der Waals surface area contributed by atoms with Crippen LogP contribution in [0, 0.1) is 0 Å². The molecule has 0 aliphatic heterocycles. The number of esters is 1. The zero-order valence-electron chi connectivity index (χ0n) is 20.4. The second-order valence-electron chi connectivity index (χ2n) is 7.64. The molecule has 186 valence electrons. The number of nitrogens with one attached hydrogen (secondary N) is 1. The highest BCUT2D eigenvalue weighted by Crippen LogP contribution is 2.30. The van der Waals surface area contributed by atoms with Crippen molar-refractivity contribution >= 4 is 40.0 Å². The molecule has 35 heavy (non-hydrogen) atoms. The fourth-order valence-corrected chi connectivity index (χ4v) is 5.09. The number of nitrogens with zero attached hydrogens (tertiary/aromatic N) is 3. The summed E-state index contributed by atoms with van der Waals surface area (Å²) in [6.07, 6.45) is 3.13. The van der Waals surface area contributed by atoms with Crippen molar-refractivity contribution in [3.05, 3.63) is 64.8 Å². The number of hydrogen-bond acceptors (Lipinski definition) is 8. The normalized spacial score (nSPS) is 11.7. The third-order valence-corrected chi connectivity index (χ3v) is 7.35. The molecule has 0 aliphatic rings. The molecule has 2 aromatic heterocycles. The molecule has 10 heteroatoms. The summed E-state index contributed by atoms with van der Waals surface area (Å²) in [5.41, 5.74) is 1.60. The van der Waals surface area contributed by atoms with Gasteiger partial charge in [0.25, 0.3) is 0 Å². The van der Waals surface area contributed by atoms with Crippen LogP contribution in [0.2, 0.25) is 0 Å². The SMILES string of the molecule is C=CCn1c(SCC(=O)Nc2sc(CC)cc2C(=O)OC)nnc1C(C)Oc1ccc(CC)cc1. The number of rotatable bonds is 12. The summed E-state index contributed by atoms with van der Waals surface area (Å²) in [5.74, 6) is 0.770. The first-order valence-electron chi connectivity index (χ1n) is 11.3. The summed E-state index contributed by atoms with van der Waals surface area (Å²) in [5, 5.41) is 12.5. The maximum absolute atomic E-state index is 12.7. The van der Waals surface area contributed by atoms with Crippen molar-refractivity contribution in [1.82, 2.24) is 14.8 Å². The highest BCUT2D eigenvalue weighted by molar-refractivity contribution is 7.99. The van der Waals surface area contributed by atoms with Crippen molar-refractivity contribution in [2.75, 3.05) is 18.2 Å². The second-order valence-corrected chi connectivity index (χ2v) is 9.71. The lowest BCUT2D eigenvalue weighted by Crippen LogP contribution is -2.16. The Morgan fingerprint density at radius 1 is 1.23 bits per heavy atom. The minimum atomic E-state index is -0.474. The van der Waals surface area contributed by atoms with E-state index in [1.807, 2.05) is 42.7 Å². The number of ether oxygens (including phenoxy) is 2. The van der Waals surface area contributed by atoms with Gasteiger partial charge in [-0.2, -0.15) is 0 Å². The Morgan fingerprint density at radius 3 is 2.60 bits per heavy atom. The minimum absolute atomic E-state index is 0.100. The van der Waals surface area contributed by atoms with Crippen molar-refractivity contribution in [2.24, 2.45) is 0 Å². The molecule has 0 fully saturated rings. The van der Waals surface area contributed by atoms with Crippen molar-refractivity contribution in [3.8, 4) is 5.75 Å². The van der Waals surface area contributed by atoms with Crippen molar-refractivity contribution in [1.29, 1.82) is 0 Å². The van der Waals surface area contributed by atoms with Gasteiger partial charge in [-0.25, -0.2) is 4.79 Å². The highest BCUT2D eigenvalue weighted by Gasteiger charge is 2.21. The Bertz CT molecular complexity index is 1170. The fourth-order valence-electron chi connectivity index (χ4n) is 3.33. The number of carbonyl (C=O) groups is 2. The van der Waals surface area contributed by atoms with Crippen LogP contribution in [0.5, 0.6) is 5.75 Å². The number of allylic oxidation sites excluding steroid dienone is 1. The summed E-state index contributed by atoms with van der Waals surface area (Å²) in [6, 6.07) is 9.73. The van der Waals surface area contributed by atoms with E-state index < -0.39 is 5.97 Å². The number of aromatic nitrogens is 3. The number of carbonyl (C=O) groups excluding carboxylic acids is 2. The second kappa shape index (κ2) is 12.6. The first kappa shape index (κ1) is 26.5. The largest absolute Gasteiger partial charge is 0.483 e. The van der Waals surface area contributed by atoms with Gasteiger partial charge >= 0.3 is 5.97 Å². The molecule has 3 aromatic rings. The van der Waals surface area contributed by atoms with E-state index in [1.54, 1.807) is 12.1 Å². The minimum Gasteiger partial charge on any atom is -0.483 e. The summed E-state index contributed by atoms with van der Waals surface area (Å²) < 4.78 is 12.8. The number of thiophene rings is 1. The summed E-state index contributed by atoms with van der Waals surface area (Å²) in [4.78, 5) is 25.7. The summed E-state index contributed by atoms with van der Waals surface area (Å²) >= 11 is 2.63. The van der Waals surface area contributed by atoms with Crippen LogP contribution in [0.25, 0.3) is 0 Å². The molecule has 1 unspecified atom stereocenters. The van der Waals surface area contributed by atoms with E-state index in [0.717, 1.165) is 23.5 Å². The molecule has 0 bridgehead atoms. The lowest BCUT2D eigenvalue weighted by molar-refractivity contribution is -0.113. The van der Waals surface area contributed by atoms with Crippen LogP contribution in [0.1, 0.15) is 53.5 Å². The van der Waals surface area contributed by atoms with E-state index in [0.29, 0.717) is 28.1 Å². The lowest BCUT2D eigenvalue weighted by atomic mass is 10.2. The third-order valence-electron chi connectivity index (χ3n) is 5.19. The van der Waals surface area contributed by atoms with Crippen LogP contribution < -0.4 is 10.1 Å². The van der Waals surface area contributed by atoms with Crippen molar-refractivity contribution in [3.63, 3.8) is 0 Å². The summed E-state index contributed by atoms with van der Waals surface area (Å²) in [7, 11) is 1.32. The van der Waals surface area contributed by atoms with E-state index in [-0.39, 0.29) is 17.8 Å².